The van der Waals surface area contributed by atoms with Crippen LogP contribution in [0.4, 0.5) is 4.39 Å². The van der Waals surface area contributed by atoms with Crippen LogP contribution in [-0.2, 0) is 6.61 Å². The highest BCUT2D eigenvalue weighted by molar-refractivity contribution is 9.10. The molecular weight excluding hydrogens is 299 g/mol. The Labute approximate surface area is 114 Å². The third-order valence-corrected chi connectivity index (χ3v) is 3.25. The molecule has 3 nitrogen and oxygen atoms in total. The Morgan fingerprint density at radius 2 is 2.22 bits per heavy atom. The molecule has 0 aliphatic carbocycles. The summed E-state index contributed by atoms with van der Waals surface area (Å²) in [6, 6.07) is 4.85. The van der Waals surface area contributed by atoms with E-state index in [2.05, 4.69) is 21.0 Å². The highest BCUT2D eigenvalue weighted by atomic mass is 79.9. The van der Waals surface area contributed by atoms with Gasteiger partial charge in [0.05, 0.1) is 12.4 Å². The molecule has 0 amide bonds. The normalized spacial score (nSPS) is 10.9. The Morgan fingerprint density at radius 1 is 1.44 bits per heavy atom. The van der Waals surface area contributed by atoms with Crippen LogP contribution in [0.25, 0.3) is 0 Å². The van der Waals surface area contributed by atoms with E-state index in [1.165, 1.54) is 12.1 Å². The second-order valence-electron chi connectivity index (χ2n) is 4.27. The summed E-state index contributed by atoms with van der Waals surface area (Å²) < 4.78 is 21.1. The molecule has 1 aromatic heterocycles. The summed E-state index contributed by atoms with van der Waals surface area (Å²) in [4.78, 5) is 0. The van der Waals surface area contributed by atoms with Crippen molar-refractivity contribution in [3.05, 3.63) is 46.4 Å². The lowest BCUT2D eigenvalue weighted by atomic mass is 10.2. The van der Waals surface area contributed by atoms with Crippen LogP contribution < -0.4 is 4.74 Å². The van der Waals surface area contributed by atoms with Gasteiger partial charge in [0.2, 0.25) is 0 Å². The van der Waals surface area contributed by atoms with Crippen LogP contribution in [0.15, 0.2) is 35.1 Å². The molecule has 0 saturated heterocycles. The van der Waals surface area contributed by atoms with Crippen molar-refractivity contribution in [2.24, 2.45) is 0 Å². The first-order valence-corrected chi connectivity index (χ1v) is 6.46. The van der Waals surface area contributed by atoms with Crippen molar-refractivity contribution in [2.75, 3.05) is 0 Å². The van der Waals surface area contributed by atoms with Crippen molar-refractivity contribution in [3.63, 3.8) is 0 Å². The molecular formula is C13H14BrFN2O. The van der Waals surface area contributed by atoms with E-state index in [0.717, 1.165) is 5.56 Å². The van der Waals surface area contributed by atoms with Crippen molar-refractivity contribution in [1.82, 2.24) is 9.78 Å². The van der Waals surface area contributed by atoms with Gasteiger partial charge in [0.25, 0.3) is 0 Å². The fourth-order valence-electron chi connectivity index (χ4n) is 1.48. The van der Waals surface area contributed by atoms with E-state index >= 15 is 0 Å². The van der Waals surface area contributed by atoms with Gasteiger partial charge in [0, 0.05) is 16.1 Å². The standard InChI is InChI=1S/C13H14BrFN2O/c1-9(2)17-7-12(6-16-17)18-8-10-3-4-11(15)5-13(10)14/h3-7,9H,8H2,1-2H3. The van der Waals surface area contributed by atoms with Gasteiger partial charge in [-0.3, -0.25) is 4.68 Å². The van der Waals surface area contributed by atoms with Crippen LogP contribution in [0, 0.1) is 5.82 Å². The maximum Gasteiger partial charge on any atom is 0.157 e. The Bertz CT molecular complexity index is 540. The zero-order chi connectivity index (χ0) is 13.1. The minimum atomic E-state index is -0.266. The van der Waals surface area contributed by atoms with Crippen molar-refractivity contribution in [2.45, 2.75) is 26.5 Å². The molecule has 2 aromatic rings. The molecule has 2 rings (SSSR count). The molecule has 0 radical (unpaired) electrons. The number of benzene rings is 1. The average Bonchev–Trinajstić information content (AvgIpc) is 2.76. The van der Waals surface area contributed by atoms with Gasteiger partial charge in [0.15, 0.2) is 5.75 Å². The molecule has 0 N–H and O–H groups in total. The van der Waals surface area contributed by atoms with Crippen LogP contribution >= 0.6 is 15.9 Å². The second kappa shape index (κ2) is 5.52. The van der Waals surface area contributed by atoms with Crippen molar-refractivity contribution in [1.29, 1.82) is 0 Å². The summed E-state index contributed by atoms with van der Waals surface area (Å²) in [7, 11) is 0. The Balaban J connectivity index is 2.02. The summed E-state index contributed by atoms with van der Waals surface area (Å²) >= 11 is 3.31. The maximum atomic E-state index is 12.9. The van der Waals surface area contributed by atoms with Crippen LogP contribution in [0.1, 0.15) is 25.5 Å². The summed E-state index contributed by atoms with van der Waals surface area (Å²) in [5.41, 5.74) is 0.897. The van der Waals surface area contributed by atoms with Crippen molar-refractivity contribution in [3.8, 4) is 5.75 Å². The van der Waals surface area contributed by atoms with E-state index in [1.807, 2.05) is 24.7 Å². The van der Waals surface area contributed by atoms with E-state index in [-0.39, 0.29) is 5.82 Å². The molecule has 0 saturated carbocycles. The van der Waals surface area contributed by atoms with E-state index in [4.69, 9.17) is 4.74 Å². The number of nitrogens with zero attached hydrogens (tertiary/aromatic N) is 2. The minimum absolute atomic E-state index is 0.266. The summed E-state index contributed by atoms with van der Waals surface area (Å²) in [6.07, 6.45) is 3.53. The fourth-order valence-corrected chi connectivity index (χ4v) is 1.94. The molecule has 0 spiro atoms. The third kappa shape index (κ3) is 3.10. The molecule has 0 fully saturated rings. The molecule has 0 unspecified atom stereocenters. The third-order valence-electron chi connectivity index (χ3n) is 2.52. The van der Waals surface area contributed by atoms with Gasteiger partial charge in [-0.1, -0.05) is 22.0 Å². The minimum Gasteiger partial charge on any atom is -0.486 e. The highest BCUT2D eigenvalue weighted by Crippen LogP contribution is 2.20. The van der Waals surface area contributed by atoms with E-state index < -0.39 is 0 Å². The zero-order valence-corrected chi connectivity index (χ0v) is 11.8. The first kappa shape index (κ1) is 13.1. The van der Waals surface area contributed by atoms with Crippen molar-refractivity contribution < 1.29 is 9.13 Å². The Hall–Kier alpha value is -1.36. The molecule has 5 heteroatoms. The molecule has 0 bridgehead atoms. The Morgan fingerprint density at radius 3 is 2.83 bits per heavy atom. The predicted octanol–water partition coefficient (Wildman–Crippen LogP) is 3.94. The largest absolute Gasteiger partial charge is 0.486 e. The number of halogens is 2. The number of hydrogen-bond donors (Lipinski definition) is 0. The lowest BCUT2D eigenvalue weighted by molar-refractivity contribution is 0.304. The molecule has 96 valence electrons. The molecule has 18 heavy (non-hydrogen) atoms. The van der Waals surface area contributed by atoms with Gasteiger partial charge in [-0.15, -0.1) is 0 Å². The second-order valence-corrected chi connectivity index (χ2v) is 5.13. The molecule has 1 heterocycles. The molecule has 1 aromatic carbocycles. The summed E-state index contributed by atoms with van der Waals surface area (Å²) in [6.45, 7) is 4.48. The maximum absolute atomic E-state index is 12.9. The number of ether oxygens (including phenoxy) is 1. The quantitative estimate of drug-likeness (QED) is 0.855. The highest BCUT2D eigenvalue weighted by Gasteiger charge is 2.05. The lowest BCUT2D eigenvalue weighted by Crippen LogP contribution is -2.00. The van der Waals surface area contributed by atoms with Gasteiger partial charge in [-0.05, 0) is 26.0 Å². The van der Waals surface area contributed by atoms with Gasteiger partial charge >= 0.3 is 0 Å². The molecule has 0 aliphatic rings. The monoisotopic (exact) mass is 312 g/mol. The number of aromatic nitrogens is 2. The van der Waals surface area contributed by atoms with Crippen LogP contribution in [0.5, 0.6) is 5.75 Å². The van der Waals surface area contributed by atoms with Gasteiger partial charge in [-0.25, -0.2) is 4.39 Å². The van der Waals surface area contributed by atoms with Gasteiger partial charge in [0.1, 0.15) is 12.4 Å². The average molecular weight is 313 g/mol. The van der Waals surface area contributed by atoms with E-state index in [9.17, 15) is 4.39 Å². The first-order valence-electron chi connectivity index (χ1n) is 5.67. The van der Waals surface area contributed by atoms with Crippen molar-refractivity contribution >= 4 is 15.9 Å². The smallest absolute Gasteiger partial charge is 0.157 e. The molecule has 0 aliphatic heterocycles. The van der Waals surface area contributed by atoms with Gasteiger partial charge < -0.3 is 4.74 Å². The van der Waals surface area contributed by atoms with Gasteiger partial charge in [-0.2, -0.15) is 5.10 Å². The van der Waals surface area contributed by atoms with E-state index in [1.54, 1.807) is 12.3 Å². The van der Waals surface area contributed by atoms with Crippen LogP contribution in [-0.4, -0.2) is 9.78 Å². The van der Waals surface area contributed by atoms with Crippen LogP contribution in [0.3, 0.4) is 0 Å². The lowest BCUT2D eigenvalue weighted by Gasteiger charge is -2.06. The summed E-state index contributed by atoms with van der Waals surface area (Å²) in [5.74, 6) is 0.443. The fraction of sp³-hybridized carbons (Fsp3) is 0.308. The van der Waals surface area contributed by atoms with Crippen LogP contribution in [0.2, 0.25) is 0 Å². The zero-order valence-electron chi connectivity index (χ0n) is 10.2. The number of hydrogen-bond acceptors (Lipinski definition) is 2. The topological polar surface area (TPSA) is 27.1 Å². The van der Waals surface area contributed by atoms with E-state index in [0.29, 0.717) is 22.9 Å². The summed E-state index contributed by atoms with van der Waals surface area (Å²) in [5, 5.41) is 4.18. The number of rotatable bonds is 4. The first-order chi connectivity index (χ1) is 8.56. The molecule has 0 atom stereocenters. The predicted molar refractivity (Wildman–Crippen MR) is 71.0 cm³/mol. The SMILES string of the molecule is CC(C)n1cc(OCc2ccc(F)cc2Br)cn1. The Kier molecular flexibility index (Phi) is 4.01.